The largest absolute Gasteiger partial charge is 0.388 e. The smallest absolute Gasteiger partial charge is 0.244 e. The summed E-state index contributed by atoms with van der Waals surface area (Å²) >= 11 is 0. The monoisotopic (exact) mass is 329 g/mol. The molecule has 7 nitrogen and oxygen atoms in total. The Labute approximate surface area is 141 Å². The van der Waals surface area contributed by atoms with Crippen LogP contribution in [0.2, 0.25) is 0 Å². The number of aromatic nitrogens is 4. The molecule has 1 saturated heterocycles. The van der Waals surface area contributed by atoms with Crippen molar-refractivity contribution < 1.29 is 9.90 Å². The summed E-state index contributed by atoms with van der Waals surface area (Å²) in [6.45, 7) is 0.873. The number of carbonyl (C=O) groups excluding carboxylic acids is 1. The molecule has 1 aromatic carbocycles. The van der Waals surface area contributed by atoms with E-state index < -0.39 is 6.10 Å². The molecule has 0 saturated carbocycles. The molecular weight excluding hydrogens is 306 g/mol. The highest BCUT2D eigenvalue weighted by Gasteiger charge is 2.28. The van der Waals surface area contributed by atoms with Crippen LogP contribution in [0.15, 0.2) is 36.7 Å². The lowest BCUT2D eigenvalue weighted by Gasteiger charge is -2.31. The number of rotatable bonds is 5. The van der Waals surface area contributed by atoms with Gasteiger partial charge in [-0.15, -0.1) is 5.10 Å². The quantitative estimate of drug-likeness (QED) is 0.900. The van der Waals surface area contributed by atoms with E-state index in [0.29, 0.717) is 6.42 Å². The Kier molecular flexibility index (Phi) is 5.53. The lowest BCUT2D eigenvalue weighted by Crippen LogP contribution is -2.42. The maximum atomic E-state index is 12.7. The number of hydrogen-bond acceptors (Lipinski definition) is 5. The van der Waals surface area contributed by atoms with Crippen LogP contribution in [0.1, 0.15) is 43.8 Å². The molecule has 1 N–H and O–H groups in total. The van der Waals surface area contributed by atoms with Gasteiger partial charge in [-0.1, -0.05) is 43.2 Å². The molecule has 1 aliphatic rings. The minimum absolute atomic E-state index is 0.00876. The number of likely N-dealkylation sites (tertiary alicyclic amines) is 1. The fourth-order valence-electron chi connectivity index (χ4n) is 3.30. The van der Waals surface area contributed by atoms with E-state index in [2.05, 4.69) is 15.5 Å². The van der Waals surface area contributed by atoms with Crippen LogP contribution in [-0.2, 0) is 11.3 Å². The molecule has 24 heavy (non-hydrogen) atoms. The normalized spacial score (nSPS) is 19.7. The number of amides is 1. The fraction of sp³-hybridized carbons (Fsp3) is 0.529. The summed E-state index contributed by atoms with van der Waals surface area (Å²) in [5, 5.41) is 21.4. The van der Waals surface area contributed by atoms with Crippen molar-refractivity contribution in [2.24, 2.45) is 0 Å². The average molecular weight is 329 g/mol. The van der Waals surface area contributed by atoms with Gasteiger partial charge in [-0.25, -0.2) is 4.68 Å². The average Bonchev–Trinajstić information content (AvgIpc) is 3.00. The van der Waals surface area contributed by atoms with E-state index in [0.717, 1.165) is 37.8 Å². The molecule has 0 radical (unpaired) electrons. The van der Waals surface area contributed by atoms with E-state index in [9.17, 15) is 9.90 Å². The van der Waals surface area contributed by atoms with Crippen LogP contribution < -0.4 is 0 Å². The highest BCUT2D eigenvalue weighted by molar-refractivity contribution is 5.76. The Bertz CT molecular complexity index is 632. The summed E-state index contributed by atoms with van der Waals surface area (Å²) < 4.78 is 1.44. The molecule has 1 aliphatic heterocycles. The van der Waals surface area contributed by atoms with Gasteiger partial charge in [0, 0.05) is 12.6 Å². The summed E-state index contributed by atoms with van der Waals surface area (Å²) in [4.78, 5) is 14.6. The van der Waals surface area contributed by atoms with Gasteiger partial charge in [0.25, 0.3) is 0 Å². The van der Waals surface area contributed by atoms with E-state index in [1.165, 1.54) is 11.0 Å². The summed E-state index contributed by atoms with van der Waals surface area (Å²) in [6, 6.07) is 9.68. The summed E-state index contributed by atoms with van der Waals surface area (Å²) in [5.41, 5.74) is 0.898. The van der Waals surface area contributed by atoms with E-state index >= 15 is 0 Å². The van der Waals surface area contributed by atoms with Gasteiger partial charge in [0.15, 0.2) is 0 Å². The number of benzene rings is 1. The number of tetrazole rings is 1. The first-order chi connectivity index (χ1) is 11.7. The Morgan fingerprint density at radius 1 is 1.25 bits per heavy atom. The molecule has 0 spiro atoms. The molecule has 2 heterocycles. The Balaban J connectivity index is 1.69. The van der Waals surface area contributed by atoms with Crippen LogP contribution in [0.4, 0.5) is 0 Å². The van der Waals surface area contributed by atoms with Gasteiger partial charge in [0.1, 0.15) is 12.9 Å². The van der Waals surface area contributed by atoms with Crippen molar-refractivity contribution in [3.8, 4) is 0 Å². The zero-order valence-corrected chi connectivity index (χ0v) is 13.7. The van der Waals surface area contributed by atoms with Crippen molar-refractivity contribution in [1.82, 2.24) is 25.1 Å². The summed E-state index contributed by atoms with van der Waals surface area (Å²) in [7, 11) is 0. The van der Waals surface area contributed by atoms with E-state index in [-0.39, 0.29) is 18.5 Å². The lowest BCUT2D eigenvalue weighted by atomic mass is 9.98. The van der Waals surface area contributed by atoms with Crippen molar-refractivity contribution in [2.75, 3.05) is 6.54 Å². The number of hydrogen-bond donors (Lipinski definition) is 1. The fourth-order valence-corrected chi connectivity index (χ4v) is 3.30. The Hall–Kier alpha value is -2.28. The maximum absolute atomic E-state index is 12.7. The molecule has 2 atom stereocenters. The molecule has 1 fully saturated rings. The van der Waals surface area contributed by atoms with Gasteiger partial charge in [-0.3, -0.25) is 4.79 Å². The SMILES string of the molecule is O=C(Cn1cnnn1)N1CCCCC[C@@H]1C[C@@H](O)c1ccccc1. The maximum Gasteiger partial charge on any atom is 0.244 e. The number of aliphatic hydroxyl groups excluding tert-OH is 1. The second kappa shape index (κ2) is 8.01. The van der Waals surface area contributed by atoms with Crippen molar-refractivity contribution in [1.29, 1.82) is 0 Å². The van der Waals surface area contributed by atoms with Gasteiger partial charge in [0.05, 0.1) is 6.10 Å². The highest BCUT2D eigenvalue weighted by atomic mass is 16.3. The molecule has 3 rings (SSSR count). The van der Waals surface area contributed by atoms with Crippen LogP contribution in [0.25, 0.3) is 0 Å². The molecular formula is C17H23N5O2. The molecule has 1 aromatic heterocycles. The van der Waals surface area contributed by atoms with Crippen LogP contribution in [0.3, 0.4) is 0 Å². The molecule has 0 bridgehead atoms. The Morgan fingerprint density at radius 2 is 2.08 bits per heavy atom. The number of aliphatic hydroxyl groups is 1. The zero-order valence-electron chi connectivity index (χ0n) is 13.7. The standard InChI is InChI=1S/C17H23N5O2/c23-16(14-7-3-1-4-8-14)11-15-9-5-2-6-10-22(15)17(24)12-21-13-18-19-20-21/h1,3-4,7-8,13,15-16,23H,2,5-6,9-12H2/t15-,16-/m1/s1. The van der Waals surface area contributed by atoms with Crippen molar-refractivity contribution >= 4 is 5.91 Å². The van der Waals surface area contributed by atoms with E-state index in [1.54, 1.807) is 0 Å². The minimum atomic E-state index is -0.558. The first kappa shape index (κ1) is 16.6. The molecule has 0 aliphatic carbocycles. The third-order valence-electron chi connectivity index (χ3n) is 4.57. The van der Waals surface area contributed by atoms with Crippen LogP contribution in [0, 0.1) is 0 Å². The topological polar surface area (TPSA) is 84.1 Å². The van der Waals surface area contributed by atoms with Gasteiger partial charge < -0.3 is 10.0 Å². The molecule has 1 amide bonds. The third-order valence-corrected chi connectivity index (χ3v) is 4.57. The summed E-state index contributed by atoms with van der Waals surface area (Å²) in [6.07, 6.45) is 5.57. The van der Waals surface area contributed by atoms with Crippen LogP contribution in [0.5, 0.6) is 0 Å². The second-order valence-corrected chi connectivity index (χ2v) is 6.26. The molecule has 2 aromatic rings. The summed E-state index contributed by atoms with van der Waals surface area (Å²) in [5.74, 6) is 0.00876. The number of carbonyl (C=O) groups is 1. The van der Waals surface area contributed by atoms with Crippen LogP contribution in [-0.4, -0.2) is 48.7 Å². The predicted molar refractivity (Wildman–Crippen MR) is 87.8 cm³/mol. The molecule has 128 valence electrons. The van der Waals surface area contributed by atoms with E-state index in [1.807, 2.05) is 35.2 Å². The van der Waals surface area contributed by atoms with Crippen molar-refractivity contribution in [2.45, 2.75) is 50.8 Å². The van der Waals surface area contributed by atoms with Crippen molar-refractivity contribution in [3.05, 3.63) is 42.2 Å². The first-order valence-electron chi connectivity index (χ1n) is 8.47. The van der Waals surface area contributed by atoms with Crippen LogP contribution >= 0.6 is 0 Å². The second-order valence-electron chi connectivity index (χ2n) is 6.26. The minimum Gasteiger partial charge on any atom is -0.388 e. The third kappa shape index (κ3) is 4.17. The lowest BCUT2D eigenvalue weighted by molar-refractivity contribution is -0.135. The van der Waals surface area contributed by atoms with Gasteiger partial charge in [-0.05, 0) is 35.3 Å². The molecule has 0 unspecified atom stereocenters. The highest BCUT2D eigenvalue weighted by Crippen LogP contribution is 2.26. The van der Waals surface area contributed by atoms with Gasteiger partial charge in [0.2, 0.25) is 5.91 Å². The zero-order chi connectivity index (χ0) is 16.8. The number of nitrogens with zero attached hydrogens (tertiary/aromatic N) is 5. The Morgan fingerprint density at radius 3 is 2.83 bits per heavy atom. The van der Waals surface area contributed by atoms with Gasteiger partial charge in [-0.2, -0.15) is 0 Å². The predicted octanol–water partition coefficient (Wildman–Crippen LogP) is 1.57. The van der Waals surface area contributed by atoms with Crippen molar-refractivity contribution in [3.63, 3.8) is 0 Å². The first-order valence-corrected chi connectivity index (χ1v) is 8.47. The molecule has 7 heteroatoms. The van der Waals surface area contributed by atoms with E-state index in [4.69, 9.17) is 0 Å². The van der Waals surface area contributed by atoms with Gasteiger partial charge >= 0.3 is 0 Å².